The van der Waals surface area contributed by atoms with Gasteiger partial charge in [0.05, 0.1) is 45.3 Å². The molecule has 2 aromatic rings. The first kappa shape index (κ1) is 34.8. The SMILES string of the molecule is C[C@H]1CC[C@H](C)[PH+]1c1ccccc1[PH+]1[C@@H](C)CC[C@@H]1C.C[C@H]1CC[C@H](C)[PH+]1c1ccccc1[PH+]1[C@@H](C)CC[C@@H]1C.[Au]. The van der Waals surface area contributed by atoms with Gasteiger partial charge >= 0.3 is 0 Å². The van der Waals surface area contributed by atoms with Gasteiger partial charge in [-0.2, -0.15) is 0 Å². The third kappa shape index (κ3) is 7.49. The molecule has 8 atom stereocenters. The fourth-order valence-corrected chi connectivity index (χ4v) is 25.7. The van der Waals surface area contributed by atoms with Gasteiger partial charge in [0.2, 0.25) is 0 Å². The van der Waals surface area contributed by atoms with E-state index in [1.54, 1.807) is 0 Å². The van der Waals surface area contributed by atoms with Crippen molar-refractivity contribution in [2.24, 2.45) is 0 Å². The minimum absolute atomic E-state index is 0. The van der Waals surface area contributed by atoms with Gasteiger partial charge in [0.1, 0.15) is 21.2 Å². The molecule has 0 nitrogen and oxygen atoms in total. The molecule has 0 spiro atoms. The summed E-state index contributed by atoms with van der Waals surface area (Å²) < 4.78 is 0. The van der Waals surface area contributed by atoms with E-state index >= 15 is 0 Å². The normalized spacial score (nSPS) is 34.9. The number of hydrogen-bond acceptors (Lipinski definition) is 0. The van der Waals surface area contributed by atoms with E-state index < -0.39 is 0 Å². The summed E-state index contributed by atoms with van der Waals surface area (Å²) in [6, 6.07) is 19.3. The van der Waals surface area contributed by atoms with Crippen LogP contribution in [0.3, 0.4) is 0 Å². The van der Waals surface area contributed by atoms with Crippen LogP contribution in [0.15, 0.2) is 48.5 Å². The van der Waals surface area contributed by atoms with Crippen LogP contribution in [0.2, 0.25) is 0 Å². The molecule has 2 aromatic carbocycles. The number of hydrogen-bond donors (Lipinski definition) is 0. The molecule has 0 bridgehead atoms. The summed E-state index contributed by atoms with van der Waals surface area (Å²) in [5.41, 5.74) is 7.82. The van der Waals surface area contributed by atoms with Crippen molar-refractivity contribution >= 4 is 52.9 Å². The average Bonchev–Trinajstić information content (AvgIpc) is 3.66. The monoisotopic (exact) mass is 813 g/mol. The van der Waals surface area contributed by atoms with Crippen LogP contribution in [0.5, 0.6) is 0 Å². The van der Waals surface area contributed by atoms with Crippen LogP contribution in [0.4, 0.5) is 0 Å². The van der Waals surface area contributed by atoms with E-state index in [1.165, 1.54) is 51.4 Å². The first-order chi connectivity index (χ1) is 19.2. The van der Waals surface area contributed by atoms with E-state index in [2.05, 4.69) is 104 Å². The quantitative estimate of drug-likeness (QED) is 0.214. The van der Waals surface area contributed by atoms with E-state index in [-0.39, 0.29) is 54.1 Å². The molecular formula is C36H60AuP4+4. The zero-order valence-corrected chi connectivity index (χ0v) is 33.4. The van der Waals surface area contributed by atoms with E-state index in [4.69, 9.17) is 0 Å². The fourth-order valence-electron chi connectivity index (χ4n) is 9.28. The fraction of sp³-hybridized carbons (Fsp3) is 0.667. The van der Waals surface area contributed by atoms with Crippen LogP contribution in [0.1, 0.15) is 107 Å². The molecule has 0 amide bonds. The molecule has 4 fully saturated rings. The van der Waals surface area contributed by atoms with Gasteiger partial charge in [0.25, 0.3) is 0 Å². The Bertz CT molecular complexity index is 909. The number of benzene rings is 2. The number of rotatable bonds is 4. The second-order valence-corrected chi connectivity index (χ2v) is 28.1. The summed E-state index contributed by atoms with van der Waals surface area (Å²) in [7, 11) is -1.33. The van der Waals surface area contributed by atoms with Gasteiger partial charge in [-0.15, -0.1) is 0 Å². The van der Waals surface area contributed by atoms with Crippen molar-refractivity contribution < 1.29 is 22.4 Å². The predicted molar refractivity (Wildman–Crippen MR) is 197 cm³/mol. The Morgan fingerprint density at radius 1 is 0.341 bits per heavy atom. The molecule has 0 aromatic heterocycles. The topological polar surface area (TPSA) is 0 Å². The van der Waals surface area contributed by atoms with Crippen molar-refractivity contribution in [1.29, 1.82) is 0 Å². The minimum atomic E-state index is -0.332. The first-order valence-corrected chi connectivity index (χ1v) is 23.5. The maximum absolute atomic E-state index is 2.52. The molecule has 4 heterocycles. The van der Waals surface area contributed by atoms with Gasteiger partial charge in [-0.1, -0.05) is 24.3 Å². The third-order valence-corrected chi connectivity index (χ3v) is 27.0. The molecule has 4 saturated heterocycles. The summed E-state index contributed by atoms with van der Waals surface area (Å²) in [4.78, 5) is 0. The van der Waals surface area contributed by atoms with E-state index in [0.29, 0.717) is 0 Å². The Morgan fingerprint density at radius 2 is 0.488 bits per heavy atom. The summed E-state index contributed by atoms with van der Waals surface area (Å²) in [5.74, 6) is 0. The molecule has 0 N–H and O–H groups in total. The standard InChI is InChI=1S/2C18H28P2.Au/c2*1-13-9-10-14(2)19(13)17-7-5-6-8-18(17)20-15(3)11-12-16(20)4;/h2*5-8,13-16H,9-12H2,1-4H3;/p+4/t2*13-,14-,15-,16-;/m00./s1. The van der Waals surface area contributed by atoms with Crippen molar-refractivity contribution in [3.05, 3.63) is 48.5 Å². The minimum Gasteiger partial charge on any atom is -0.0581 e. The zero-order chi connectivity index (χ0) is 28.6. The van der Waals surface area contributed by atoms with Gasteiger partial charge in [0.15, 0.2) is 0 Å². The van der Waals surface area contributed by atoms with Gasteiger partial charge in [-0.3, -0.25) is 0 Å². The Labute approximate surface area is 274 Å². The molecular weight excluding hydrogens is 753 g/mol. The summed E-state index contributed by atoms with van der Waals surface area (Å²) >= 11 is 0. The van der Waals surface area contributed by atoms with E-state index in [0.717, 1.165) is 45.3 Å². The smallest absolute Gasteiger partial charge is 0.0581 e. The molecule has 0 saturated carbocycles. The second kappa shape index (κ2) is 15.5. The molecule has 41 heavy (non-hydrogen) atoms. The van der Waals surface area contributed by atoms with Crippen LogP contribution >= 0.6 is 31.7 Å². The Morgan fingerprint density at radius 3 is 0.634 bits per heavy atom. The van der Waals surface area contributed by atoms with Crippen LogP contribution in [0.25, 0.3) is 0 Å². The summed E-state index contributed by atoms with van der Waals surface area (Å²) in [5, 5.41) is 7.35. The molecule has 4 aliphatic rings. The van der Waals surface area contributed by atoms with Crippen molar-refractivity contribution in [2.45, 2.75) is 152 Å². The second-order valence-electron chi connectivity index (χ2n) is 14.4. The Kier molecular flexibility index (Phi) is 13.1. The van der Waals surface area contributed by atoms with Crippen LogP contribution in [0, 0.1) is 0 Å². The molecule has 0 aliphatic carbocycles. The third-order valence-electron chi connectivity index (χ3n) is 11.5. The molecule has 0 unspecified atom stereocenters. The van der Waals surface area contributed by atoms with Crippen molar-refractivity contribution in [3.63, 3.8) is 0 Å². The summed E-state index contributed by atoms with van der Waals surface area (Å²) in [6.07, 6.45) is 11.8. The Balaban J connectivity index is 0.000000184. The van der Waals surface area contributed by atoms with Crippen molar-refractivity contribution in [2.75, 3.05) is 0 Å². The maximum atomic E-state index is 2.52. The van der Waals surface area contributed by atoms with Gasteiger partial charge in [-0.25, -0.2) is 0 Å². The maximum Gasteiger partial charge on any atom is 0.133 e. The van der Waals surface area contributed by atoms with Gasteiger partial charge in [0, 0.05) is 54.1 Å². The Hall–Kier alpha value is 0.900. The van der Waals surface area contributed by atoms with Crippen LogP contribution < -0.4 is 21.2 Å². The van der Waals surface area contributed by atoms with Gasteiger partial charge < -0.3 is 0 Å². The predicted octanol–water partition coefficient (Wildman–Crippen LogP) is 9.01. The van der Waals surface area contributed by atoms with Crippen molar-refractivity contribution in [1.82, 2.24) is 0 Å². The first-order valence-electron chi connectivity index (χ1n) is 16.8. The van der Waals surface area contributed by atoms with Crippen LogP contribution in [-0.2, 0) is 22.4 Å². The summed E-state index contributed by atoms with van der Waals surface area (Å²) in [6.45, 7) is 20.2. The van der Waals surface area contributed by atoms with Gasteiger partial charge in [-0.05, 0) is 131 Å². The molecule has 6 rings (SSSR count). The van der Waals surface area contributed by atoms with E-state index in [1.807, 2.05) is 21.2 Å². The van der Waals surface area contributed by atoms with E-state index in [9.17, 15) is 0 Å². The largest absolute Gasteiger partial charge is 0.133 e. The molecule has 5 heteroatoms. The van der Waals surface area contributed by atoms with Crippen molar-refractivity contribution in [3.8, 4) is 0 Å². The van der Waals surface area contributed by atoms with Crippen LogP contribution in [-0.4, -0.2) is 45.3 Å². The average molecular weight is 814 g/mol. The zero-order valence-electron chi connectivity index (χ0n) is 27.2. The molecule has 4 aliphatic heterocycles. The molecule has 231 valence electrons. The molecule has 1 radical (unpaired) electrons.